The molecule has 0 radical (unpaired) electrons. The lowest BCUT2D eigenvalue weighted by Gasteiger charge is -2.15. The average molecular weight is 411 g/mol. The SMILES string of the molecule is C[C@H](NS(=O)(=O)c1ccc(Br)cc1Cl)c1ccc(F)c(F)c1. The van der Waals surface area contributed by atoms with E-state index in [0.717, 1.165) is 12.1 Å². The Hall–Kier alpha value is -1.02. The van der Waals surface area contributed by atoms with Crippen LogP contribution in [0.15, 0.2) is 45.8 Å². The van der Waals surface area contributed by atoms with E-state index in [4.69, 9.17) is 11.6 Å². The maximum atomic E-state index is 13.2. The van der Waals surface area contributed by atoms with E-state index in [9.17, 15) is 17.2 Å². The first kappa shape index (κ1) is 17.3. The minimum Gasteiger partial charge on any atom is -0.207 e. The minimum atomic E-state index is -3.90. The van der Waals surface area contributed by atoms with Gasteiger partial charge >= 0.3 is 0 Å². The Bertz CT molecular complexity index is 814. The molecule has 118 valence electrons. The predicted octanol–water partition coefficient (Wildman–Crippen LogP) is 4.42. The van der Waals surface area contributed by atoms with Crippen LogP contribution in [0.4, 0.5) is 8.78 Å². The topological polar surface area (TPSA) is 46.2 Å². The van der Waals surface area contributed by atoms with E-state index in [1.54, 1.807) is 6.07 Å². The van der Waals surface area contributed by atoms with Crippen molar-refractivity contribution < 1.29 is 17.2 Å². The Morgan fingerprint density at radius 1 is 1.14 bits per heavy atom. The fourth-order valence-electron chi connectivity index (χ4n) is 1.84. The van der Waals surface area contributed by atoms with Crippen molar-refractivity contribution >= 4 is 37.6 Å². The van der Waals surface area contributed by atoms with Crippen molar-refractivity contribution in [1.29, 1.82) is 0 Å². The van der Waals surface area contributed by atoms with E-state index in [1.165, 1.54) is 25.1 Å². The zero-order valence-electron chi connectivity index (χ0n) is 11.3. The van der Waals surface area contributed by atoms with Crippen LogP contribution in [0.5, 0.6) is 0 Å². The molecule has 0 saturated heterocycles. The zero-order valence-corrected chi connectivity index (χ0v) is 14.4. The van der Waals surface area contributed by atoms with E-state index in [-0.39, 0.29) is 9.92 Å². The predicted molar refractivity (Wildman–Crippen MR) is 84.2 cm³/mol. The summed E-state index contributed by atoms with van der Waals surface area (Å²) in [6.45, 7) is 1.52. The van der Waals surface area contributed by atoms with Gasteiger partial charge in [-0.1, -0.05) is 33.6 Å². The summed E-state index contributed by atoms with van der Waals surface area (Å²) in [6, 6.07) is 6.82. The number of hydrogen-bond donors (Lipinski definition) is 1. The van der Waals surface area contributed by atoms with Crippen LogP contribution in [0.3, 0.4) is 0 Å². The van der Waals surface area contributed by atoms with Crippen LogP contribution in [0, 0.1) is 11.6 Å². The van der Waals surface area contributed by atoms with E-state index >= 15 is 0 Å². The van der Waals surface area contributed by atoms with Gasteiger partial charge in [-0.25, -0.2) is 21.9 Å². The van der Waals surface area contributed by atoms with Crippen LogP contribution in [0.25, 0.3) is 0 Å². The fraction of sp³-hybridized carbons (Fsp3) is 0.143. The first-order chi connectivity index (χ1) is 10.2. The Labute approximate surface area is 140 Å². The summed E-state index contributed by atoms with van der Waals surface area (Å²) in [5.41, 5.74) is 0.302. The molecule has 0 unspecified atom stereocenters. The molecule has 22 heavy (non-hydrogen) atoms. The molecule has 0 aliphatic rings. The van der Waals surface area contributed by atoms with Gasteiger partial charge in [-0.15, -0.1) is 0 Å². The number of rotatable bonds is 4. The van der Waals surface area contributed by atoms with Gasteiger partial charge in [0.25, 0.3) is 0 Å². The molecule has 1 atom stereocenters. The molecule has 2 aromatic rings. The van der Waals surface area contributed by atoms with Gasteiger partial charge in [-0.2, -0.15) is 0 Å². The summed E-state index contributed by atoms with van der Waals surface area (Å²) in [5.74, 6) is -2.03. The highest BCUT2D eigenvalue weighted by molar-refractivity contribution is 9.10. The summed E-state index contributed by atoms with van der Waals surface area (Å²) in [4.78, 5) is -0.0909. The molecule has 2 aromatic carbocycles. The Balaban J connectivity index is 2.29. The molecule has 0 spiro atoms. The molecule has 2 rings (SSSR count). The van der Waals surface area contributed by atoms with Gasteiger partial charge in [-0.05, 0) is 42.8 Å². The highest BCUT2D eigenvalue weighted by Gasteiger charge is 2.21. The molecule has 0 saturated carbocycles. The summed E-state index contributed by atoms with van der Waals surface area (Å²) >= 11 is 9.12. The van der Waals surface area contributed by atoms with Gasteiger partial charge in [0.15, 0.2) is 11.6 Å². The molecule has 0 amide bonds. The van der Waals surface area contributed by atoms with Gasteiger partial charge in [0.05, 0.1) is 5.02 Å². The second kappa shape index (κ2) is 6.62. The molecule has 0 aliphatic heterocycles. The second-order valence-corrected chi connectivity index (χ2v) is 7.60. The maximum absolute atomic E-state index is 13.2. The summed E-state index contributed by atoms with van der Waals surface area (Å²) in [5, 5.41) is 0.0550. The average Bonchev–Trinajstić information content (AvgIpc) is 2.40. The quantitative estimate of drug-likeness (QED) is 0.811. The van der Waals surface area contributed by atoms with Gasteiger partial charge in [0.2, 0.25) is 10.0 Å². The van der Waals surface area contributed by atoms with Crippen molar-refractivity contribution in [3.63, 3.8) is 0 Å². The van der Waals surface area contributed by atoms with Crippen molar-refractivity contribution in [1.82, 2.24) is 4.72 Å². The summed E-state index contributed by atoms with van der Waals surface area (Å²) in [7, 11) is -3.90. The molecule has 8 heteroatoms. The molecule has 1 N–H and O–H groups in total. The van der Waals surface area contributed by atoms with Gasteiger partial charge in [0, 0.05) is 10.5 Å². The van der Waals surface area contributed by atoms with E-state index < -0.39 is 27.7 Å². The van der Waals surface area contributed by atoms with Crippen molar-refractivity contribution in [2.75, 3.05) is 0 Å². The van der Waals surface area contributed by atoms with Crippen LogP contribution in [-0.4, -0.2) is 8.42 Å². The third-order valence-corrected chi connectivity index (χ3v) is 5.48. The number of halogens is 4. The van der Waals surface area contributed by atoms with Gasteiger partial charge < -0.3 is 0 Å². The number of sulfonamides is 1. The maximum Gasteiger partial charge on any atom is 0.242 e. The molecular weight excluding hydrogens is 400 g/mol. The van der Waals surface area contributed by atoms with Gasteiger partial charge in [0.1, 0.15) is 4.90 Å². The lowest BCUT2D eigenvalue weighted by atomic mass is 10.1. The number of benzene rings is 2. The normalized spacial score (nSPS) is 13.1. The molecular formula is C14H11BrClF2NO2S. The Morgan fingerprint density at radius 3 is 2.41 bits per heavy atom. The molecule has 0 bridgehead atoms. The monoisotopic (exact) mass is 409 g/mol. The second-order valence-electron chi connectivity index (χ2n) is 4.59. The van der Waals surface area contributed by atoms with Crippen LogP contribution in [0.1, 0.15) is 18.5 Å². The molecule has 3 nitrogen and oxygen atoms in total. The third-order valence-electron chi connectivity index (χ3n) is 2.96. The highest BCUT2D eigenvalue weighted by atomic mass is 79.9. The van der Waals surface area contributed by atoms with Gasteiger partial charge in [-0.3, -0.25) is 0 Å². The first-order valence-electron chi connectivity index (χ1n) is 6.13. The Kier molecular flexibility index (Phi) is 5.21. The van der Waals surface area contributed by atoms with E-state index in [0.29, 0.717) is 10.0 Å². The third kappa shape index (κ3) is 3.84. The molecule has 0 heterocycles. The summed E-state index contributed by atoms with van der Waals surface area (Å²) < 4.78 is 53.8. The zero-order chi connectivity index (χ0) is 16.5. The largest absolute Gasteiger partial charge is 0.242 e. The Morgan fingerprint density at radius 2 is 1.82 bits per heavy atom. The van der Waals surface area contributed by atoms with Crippen LogP contribution < -0.4 is 4.72 Å². The van der Waals surface area contributed by atoms with Crippen molar-refractivity contribution in [2.45, 2.75) is 17.9 Å². The minimum absolute atomic E-state index is 0.0550. The highest BCUT2D eigenvalue weighted by Crippen LogP contribution is 2.26. The number of nitrogens with one attached hydrogen (secondary N) is 1. The standard InChI is InChI=1S/C14H11BrClF2NO2S/c1-8(9-2-4-12(17)13(18)6-9)19-22(20,21)14-5-3-10(15)7-11(14)16/h2-8,19H,1H3/t8-/m0/s1. The van der Waals surface area contributed by atoms with Crippen molar-refractivity contribution in [2.24, 2.45) is 0 Å². The summed E-state index contributed by atoms with van der Waals surface area (Å²) in [6.07, 6.45) is 0. The lowest BCUT2D eigenvalue weighted by Crippen LogP contribution is -2.27. The first-order valence-corrected chi connectivity index (χ1v) is 8.78. The van der Waals surface area contributed by atoms with E-state index in [1.807, 2.05) is 0 Å². The molecule has 0 aromatic heterocycles. The number of hydrogen-bond acceptors (Lipinski definition) is 2. The van der Waals surface area contributed by atoms with Crippen molar-refractivity contribution in [3.05, 3.63) is 63.1 Å². The van der Waals surface area contributed by atoms with Crippen LogP contribution >= 0.6 is 27.5 Å². The molecule has 0 fully saturated rings. The van der Waals surface area contributed by atoms with Crippen molar-refractivity contribution in [3.8, 4) is 0 Å². The van der Waals surface area contributed by atoms with E-state index in [2.05, 4.69) is 20.7 Å². The lowest BCUT2D eigenvalue weighted by molar-refractivity contribution is 0.504. The smallest absolute Gasteiger partial charge is 0.207 e. The van der Waals surface area contributed by atoms with Crippen LogP contribution in [-0.2, 0) is 10.0 Å². The fourth-order valence-corrected chi connectivity index (χ4v) is 4.11. The molecule has 0 aliphatic carbocycles. The van der Waals surface area contributed by atoms with Crippen LogP contribution in [0.2, 0.25) is 5.02 Å².